The number of aliphatic hydroxyl groups excluding tert-OH is 3. The van der Waals surface area contributed by atoms with Crippen molar-refractivity contribution < 1.29 is 47.7 Å². The first-order chi connectivity index (χ1) is 51.2. The van der Waals surface area contributed by atoms with Crippen molar-refractivity contribution >= 4 is 12.1 Å². The molecule has 0 aromatic heterocycles. The van der Waals surface area contributed by atoms with Crippen LogP contribution < -0.4 is 0 Å². The van der Waals surface area contributed by atoms with Crippen molar-refractivity contribution in [1.29, 1.82) is 0 Å². The fraction of sp³-hybridized carbons (Fsp3) is 0.755. The first-order valence-corrected chi connectivity index (χ1v) is 45.1. The Kier molecular flexibility index (Phi) is 27.4. The van der Waals surface area contributed by atoms with Gasteiger partial charge in [-0.3, -0.25) is 0 Å². The van der Waals surface area contributed by atoms with Crippen molar-refractivity contribution in [2.45, 2.75) is 338 Å². The summed E-state index contributed by atoms with van der Waals surface area (Å²) in [6, 6.07) is 20.0. The molecule has 0 bridgehead atoms. The van der Waals surface area contributed by atoms with Gasteiger partial charge in [-0.15, -0.1) is 0 Å². The molecule has 0 heterocycles. The molecule has 0 radical (unpaired) electrons. The van der Waals surface area contributed by atoms with Crippen LogP contribution in [0.1, 0.15) is 337 Å². The zero-order chi connectivity index (χ0) is 77.7. The highest BCUT2D eigenvalue weighted by atomic mass is 32.2. The fourth-order valence-electron chi connectivity index (χ4n) is 28.5. The lowest BCUT2D eigenvalue weighted by atomic mass is 9.46. The van der Waals surface area contributed by atoms with Crippen molar-refractivity contribution in [2.75, 3.05) is 6.26 Å². The van der Waals surface area contributed by atoms with Gasteiger partial charge in [-0.2, -0.15) is 3.89 Å². The third kappa shape index (κ3) is 16.6. The highest BCUT2D eigenvalue weighted by Crippen LogP contribution is 2.72. The number of halogens is 4. The predicted octanol–water partition coefficient (Wildman–Crippen LogP) is 25.9. The van der Waals surface area contributed by atoms with Crippen LogP contribution >= 0.6 is 12.1 Å². The average molecular weight is 1530 g/mol. The number of allylic oxidation sites excluding steroid dienone is 3. The molecule has 0 aliphatic heterocycles. The minimum absolute atomic E-state index is 0. The summed E-state index contributed by atoms with van der Waals surface area (Å²) in [6.07, 6.45) is 42.5. The normalized spacial score (nSPS) is 41.0. The molecule has 3 aromatic carbocycles. The van der Waals surface area contributed by atoms with E-state index in [0.717, 1.165) is 150 Å². The summed E-state index contributed by atoms with van der Waals surface area (Å²) in [4.78, 5) is 0. The van der Waals surface area contributed by atoms with Crippen LogP contribution in [0.25, 0.3) is 0 Å². The number of hydrogen-bond donors (Lipinski definition) is 6. The SMILES string of the molecule is C.CC[C@]1(O)CC[C@@]2(C)C(=CC[C@H]3[C@@H]4CC[C@H]([C@H](C)CCC(O)c5ccccc5F)[C@@]4(C)CC[C@@H]32)C1.CC[C@]1(O)CC[C@@]2(C)C(=CC[C@H]3[C@@H]4CC[C@H]([C@H](C)CC[C@@H](O)c5ccccc5F)[C@@]4(C)CC[C@@H]32)C1.CC[C@]1(O)CC[C@@]2(C)C(=CC[C@H]3[C@@H]4CC[C@H]([C@H](C)CC[C@H](O)c5ccccc5F)[C@@]4(C)CC[C@@H]32)C1.CSF. The Morgan fingerprint density at radius 1 is 0.376 bits per heavy atom. The summed E-state index contributed by atoms with van der Waals surface area (Å²) in [5.41, 5.74) is 6.51. The van der Waals surface area contributed by atoms with E-state index in [0.29, 0.717) is 87.7 Å². The number of rotatable bonds is 18. The maximum Gasteiger partial charge on any atom is 0.128 e. The van der Waals surface area contributed by atoms with Crippen LogP contribution in [-0.4, -0.2) is 53.7 Å². The molecule has 11 heteroatoms. The molecule has 0 saturated heterocycles. The number of hydrogen-bond acceptors (Lipinski definition) is 7. The Morgan fingerprint density at radius 2 is 0.624 bits per heavy atom. The molecule has 3 aromatic rings. The fourth-order valence-corrected chi connectivity index (χ4v) is 28.5. The summed E-state index contributed by atoms with van der Waals surface area (Å²) in [6.45, 7) is 28.8. The van der Waals surface area contributed by atoms with Crippen molar-refractivity contribution in [1.82, 2.24) is 0 Å². The highest BCUT2D eigenvalue weighted by molar-refractivity contribution is 7.93. The summed E-state index contributed by atoms with van der Waals surface area (Å²) < 4.78 is 52.6. The molecule has 9 fully saturated rings. The smallest absolute Gasteiger partial charge is 0.128 e. The van der Waals surface area contributed by atoms with Crippen LogP contribution in [0.15, 0.2) is 108 Å². The Morgan fingerprint density at radius 3 is 0.862 bits per heavy atom. The summed E-state index contributed by atoms with van der Waals surface area (Å²) >= 11 is 0.250. The topological polar surface area (TPSA) is 121 Å². The third-order valence-electron chi connectivity index (χ3n) is 35.5. The Labute approximate surface area is 662 Å². The maximum absolute atomic E-state index is 14.1. The monoisotopic (exact) mass is 1530 g/mol. The molecule has 12 aliphatic rings. The first kappa shape index (κ1) is 86.6. The molecular formula is C98H148F4O6S. The molecule has 6 nitrogen and oxygen atoms in total. The van der Waals surface area contributed by atoms with Crippen molar-refractivity contribution in [3.8, 4) is 0 Å². The molecule has 9 saturated carbocycles. The van der Waals surface area contributed by atoms with Gasteiger partial charge in [-0.1, -0.05) is 180 Å². The Balaban J connectivity index is 0.000000159. The minimum Gasteiger partial charge on any atom is -0.390 e. The van der Waals surface area contributed by atoms with Gasteiger partial charge in [-0.05, 0) is 351 Å². The molecular weight excluding hydrogens is 1380 g/mol. The van der Waals surface area contributed by atoms with Crippen LogP contribution in [0.4, 0.5) is 17.1 Å². The summed E-state index contributed by atoms with van der Waals surface area (Å²) in [5.74, 6) is 9.79. The highest BCUT2D eigenvalue weighted by Gasteiger charge is 2.64. The molecule has 27 atom stereocenters. The van der Waals surface area contributed by atoms with Gasteiger partial charge in [0.2, 0.25) is 0 Å². The molecule has 6 N–H and O–H groups in total. The number of benzene rings is 3. The molecule has 610 valence electrons. The second kappa shape index (κ2) is 34.5. The zero-order valence-electron chi connectivity index (χ0n) is 69.0. The van der Waals surface area contributed by atoms with Crippen LogP contribution in [0.3, 0.4) is 0 Å². The molecule has 0 amide bonds. The maximum atomic E-state index is 14.1. The molecule has 12 aliphatic carbocycles. The Bertz CT molecular complexity index is 3270. The van der Waals surface area contributed by atoms with Crippen molar-refractivity contribution in [2.24, 2.45) is 121 Å². The lowest BCUT2D eigenvalue weighted by molar-refractivity contribution is -0.0757. The van der Waals surface area contributed by atoms with E-state index in [4.69, 9.17) is 0 Å². The van der Waals surface area contributed by atoms with Crippen LogP contribution in [-0.2, 0) is 0 Å². The summed E-state index contributed by atoms with van der Waals surface area (Å²) in [5, 5.41) is 65.1. The largest absolute Gasteiger partial charge is 0.390 e. The van der Waals surface area contributed by atoms with E-state index in [-0.39, 0.29) is 53.3 Å². The van der Waals surface area contributed by atoms with E-state index in [1.165, 1.54) is 121 Å². The molecule has 0 spiro atoms. The van der Waals surface area contributed by atoms with Crippen LogP contribution in [0.5, 0.6) is 0 Å². The van der Waals surface area contributed by atoms with E-state index in [9.17, 15) is 47.7 Å². The van der Waals surface area contributed by atoms with Gasteiger partial charge >= 0.3 is 0 Å². The van der Waals surface area contributed by atoms with Gasteiger partial charge in [0.1, 0.15) is 17.5 Å². The van der Waals surface area contributed by atoms with E-state index < -0.39 is 35.1 Å². The molecule has 15 rings (SSSR count). The van der Waals surface area contributed by atoms with Crippen LogP contribution in [0.2, 0.25) is 0 Å². The third-order valence-corrected chi connectivity index (χ3v) is 35.5. The van der Waals surface area contributed by atoms with Gasteiger partial charge in [0.05, 0.1) is 35.1 Å². The van der Waals surface area contributed by atoms with Gasteiger partial charge in [0.25, 0.3) is 0 Å². The van der Waals surface area contributed by atoms with Gasteiger partial charge in [-0.25, -0.2) is 13.2 Å². The number of aliphatic hydroxyl groups is 6. The van der Waals surface area contributed by atoms with E-state index >= 15 is 0 Å². The summed E-state index contributed by atoms with van der Waals surface area (Å²) in [7, 11) is 0. The van der Waals surface area contributed by atoms with E-state index in [1.807, 2.05) is 18.2 Å². The minimum atomic E-state index is -0.714. The first-order valence-electron chi connectivity index (χ1n) is 43.9. The Hall–Kier alpha value is -3.29. The van der Waals surface area contributed by atoms with E-state index in [1.54, 1.807) is 53.1 Å². The second-order valence-corrected chi connectivity index (χ2v) is 40.5. The number of fused-ring (bicyclic) bond motifs is 15. The second-order valence-electron chi connectivity index (χ2n) is 40.2. The quantitative estimate of drug-likeness (QED) is 0.0554. The lowest BCUT2D eigenvalue weighted by Gasteiger charge is -2.59. The molecule has 109 heavy (non-hydrogen) atoms. The van der Waals surface area contributed by atoms with Crippen molar-refractivity contribution in [3.05, 3.63) is 142 Å². The van der Waals surface area contributed by atoms with Crippen molar-refractivity contribution in [3.63, 3.8) is 0 Å². The van der Waals surface area contributed by atoms with Crippen LogP contribution in [0, 0.1) is 139 Å². The lowest BCUT2D eigenvalue weighted by Crippen LogP contribution is -2.52. The van der Waals surface area contributed by atoms with E-state index in [2.05, 4.69) is 101 Å². The van der Waals surface area contributed by atoms with Gasteiger partial charge in [0, 0.05) is 35.1 Å². The standard InChI is InChI=1S/3C32H47FO2.CH3FS.CH4/c3*1-5-32(35)19-18-30(3)22(20-32)11-12-23-26-14-13-25(31(26,4)17-16-27(23)30)21(2)10-15-29(34)24-8-6-7-9-28(24)33;1-3-2;/h3*6-9,11,21,23,25-27,29,34-35H,5,10,12-20H2,1-4H3;1H3;1H4/t21-,23+,25-,26+,27+,29?,30+,31-,32+;21-,23+,25-,26+,27+,29+,30+,31-,32+;21-,23+,25-,26+,27+,29-,30+,31-,32+;;/m111../s1. The average Bonchev–Trinajstić information content (AvgIpc) is 1.37. The zero-order valence-corrected chi connectivity index (χ0v) is 69.8. The van der Waals surface area contributed by atoms with Gasteiger partial charge < -0.3 is 30.6 Å². The molecule has 1 unspecified atom stereocenters. The predicted molar refractivity (Wildman–Crippen MR) is 442 cm³/mol. The van der Waals surface area contributed by atoms with Gasteiger partial charge in [0.15, 0.2) is 0 Å².